The third-order valence-electron chi connectivity index (χ3n) is 5.63. The van der Waals surface area contributed by atoms with Gasteiger partial charge in [0.15, 0.2) is 0 Å². The molecular weight excluding hydrogens is 612 g/mol. The largest absolute Gasteiger partial charge is 0.472 e. The number of hydrogen-bond donors (Lipinski definition) is 5. The van der Waals surface area contributed by atoms with Gasteiger partial charge in [0, 0.05) is 33.0 Å². The summed E-state index contributed by atoms with van der Waals surface area (Å²) >= 11 is 0. The second-order valence-electron chi connectivity index (χ2n) is 9.74. The maximum atomic E-state index is 12.5. The SMILES string of the molecule is COP(=O)(O)OCCOCCOCCOP(=O)(O)OCCCCCCNC(=O)[C@H](CCCCNC(=O)C(C)C)NC(C)=O. The number of phosphoric ester groups is 2. The smallest absolute Gasteiger partial charge is 0.377 e. The molecular formula is C25H51N3O13P2. The lowest BCUT2D eigenvalue weighted by atomic mass is 10.1. The molecule has 5 N–H and O–H groups in total. The molecule has 0 aliphatic rings. The van der Waals surface area contributed by atoms with Gasteiger partial charge in [0.25, 0.3) is 0 Å². The van der Waals surface area contributed by atoms with E-state index in [0.29, 0.717) is 51.6 Å². The van der Waals surface area contributed by atoms with E-state index in [9.17, 15) is 28.4 Å². The predicted octanol–water partition coefficient (Wildman–Crippen LogP) is 2.04. The molecule has 0 bridgehead atoms. The second-order valence-corrected chi connectivity index (χ2v) is 12.8. The highest BCUT2D eigenvalue weighted by Crippen LogP contribution is 2.43. The summed E-state index contributed by atoms with van der Waals surface area (Å²) in [6.45, 7) is 6.13. The molecule has 0 saturated carbocycles. The zero-order valence-corrected chi connectivity index (χ0v) is 27.5. The van der Waals surface area contributed by atoms with Crippen molar-refractivity contribution in [1.29, 1.82) is 0 Å². The molecule has 18 heteroatoms. The quantitative estimate of drug-likeness (QED) is 0.0599. The van der Waals surface area contributed by atoms with Crippen LogP contribution in [0.25, 0.3) is 0 Å². The average Bonchev–Trinajstić information content (AvgIpc) is 2.93. The Morgan fingerprint density at radius 2 is 1.16 bits per heavy atom. The molecule has 254 valence electrons. The summed E-state index contributed by atoms with van der Waals surface area (Å²) in [5, 5.41) is 8.32. The van der Waals surface area contributed by atoms with Crippen LogP contribution in [0.5, 0.6) is 0 Å². The van der Waals surface area contributed by atoms with E-state index in [1.54, 1.807) is 0 Å². The Bertz CT molecular complexity index is 879. The minimum atomic E-state index is -4.20. The number of amides is 3. The van der Waals surface area contributed by atoms with Crippen molar-refractivity contribution in [3.8, 4) is 0 Å². The lowest BCUT2D eigenvalue weighted by molar-refractivity contribution is -0.128. The lowest BCUT2D eigenvalue weighted by Crippen LogP contribution is -2.46. The summed E-state index contributed by atoms with van der Waals surface area (Å²) in [6, 6.07) is -0.638. The van der Waals surface area contributed by atoms with Gasteiger partial charge in [0.05, 0.1) is 46.2 Å². The van der Waals surface area contributed by atoms with Crippen molar-refractivity contribution in [2.45, 2.75) is 71.8 Å². The second kappa shape index (κ2) is 24.8. The van der Waals surface area contributed by atoms with E-state index in [-0.39, 0.29) is 69.9 Å². The molecule has 0 aromatic heterocycles. The Morgan fingerprint density at radius 1 is 0.674 bits per heavy atom. The number of hydrogen-bond acceptors (Lipinski definition) is 11. The number of carbonyl (C=O) groups is 3. The van der Waals surface area contributed by atoms with Crippen LogP contribution < -0.4 is 16.0 Å². The van der Waals surface area contributed by atoms with Crippen molar-refractivity contribution in [3.63, 3.8) is 0 Å². The number of ether oxygens (including phenoxy) is 2. The van der Waals surface area contributed by atoms with Crippen molar-refractivity contribution in [2.75, 3.05) is 66.4 Å². The average molecular weight is 664 g/mol. The van der Waals surface area contributed by atoms with Gasteiger partial charge in [-0.15, -0.1) is 0 Å². The lowest BCUT2D eigenvalue weighted by Gasteiger charge is -2.18. The zero-order chi connectivity index (χ0) is 32.6. The highest BCUT2D eigenvalue weighted by Gasteiger charge is 2.21. The van der Waals surface area contributed by atoms with Crippen LogP contribution >= 0.6 is 15.6 Å². The van der Waals surface area contributed by atoms with Gasteiger partial charge in [-0.25, -0.2) is 9.13 Å². The van der Waals surface area contributed by atoms with E-state index in [1.807, 2.05) is 13.8 Å². The molecule has 16 nitrogen and oxygen atoms in total. The summed E-state index contributed by atoms with van der Waals surface area (Å²) < 4.78 is 51.9. The van der Waals surface area contributed by atoms with E-state index in [1.165, 1.54) is 6.92 Å². The van der Waals surface area contributed by atoms with Gasteiger partial charge in [0.2, 0.25) is 17.7 Å². The molecule has 0 aromatic rings. The minimum Gasteiger partial charge on any atom is -0.377 e. The zero-order valence-electron chi connectivity index (χ0n) is 25.7. The summed E-state index contributed by atoms with van der Waals surface area (Å²) in [6.07, 6.45) is 4.52. The Balaban J connectivity index is 3.85. The Labute approximate surface area is 254 Å². The first-order chi connectivity index (χ1) is 20.3. The number of unbranched alkanes of at least 4 members (excludes halogenated alkanes) is 4. The summed E-state index contributed by atoms with van der Waals surface area (Å²) in [5.74, 6) is -0.649. The molecule has 3 atom stereocenters. The molecule has 0 fully saturated rings. The predicted molar refractivity (Wildman–Crippen MR) is 157 cm³/mol. The van der Waals surface area contributed by atoms with Gasteiger partial charge in [-0.05, 0) is 32.1 Å². The van der Waals surface area contributed by atoms with Gasteiger partial charge in [-0.2, -0.15) is 0 Å². The van der Waals surface area contributed by atoms with Gasteiger partial charge in [0.1, 0.15) is 6.04 Å². The Kier molecular flexibility index (Phi) is 24.0. The number of nitrogens with one attached hydrogen (secondary N) is 3. The van der Waals surface area contributed by atoms with Crippen LogP contribution in [0, 0.1) is 5.92 Å². The maximum absolute atomic E-state index is 12.5. The van der Waals surface area contributed by atoms with Crippen molar-refractivity contribution in [2.24, 2.45) is 5.92 Å². The van der Waals surface area contributed by atoms with Gasteiger partial charge >= 0.3 is 15.6 Å². The van der Waals surface area contributed by atoms with Crippen LogP contribution in [0.2, 0.25) is 0 Å². The fourth-order valence-electron chi connectivity index (χ4n) is 3.33. The Morgan fingerprint density at radius 3 is 1.72 bits per heavy atom. The molecule has 3 amide bonds. The summed E-state index contributed by atoms with van der Waals surface area (Å²) in [7, 11) is -7.17. The van der Waals surface area contributed by atoms with Crippen LogP contribution in [0.15, 0.2) is 0 Å². The topological polar surface area (TPSA) is 217 Å². The van der Waals surface area contributed by atoms with Gasteiger partial charge in [-0.3, -0.25) is 32.5 Å². The number of carbonyl (C=O) groups excluding carboxylic acids is 3. The summed E-state index contributed by atoms with van der Waals surface area (Å²) in [5.41, 5.74) is 0. The van der Waals surface area contributed by atoms with Crippen LogP contribution in [-0.2, 0) is 51.1 Å². The van der Waals surface area contributed by atoms with Crippen molar-refractivity contribution in [3.05, 3.63) is 0 Å². The van der Waals surface area contributed by atoms with E-state index < -0.39 is 21.7 Å². The first-order valence-electron chi connectivity index (χ1n) is 14.4. The van der Waals surface area contributed by atoms with Crippen molar-refractivity contribution in [1.82, 2.24) is 16.0 Å². The number of rotatable bonds is 28. The van der Waals surface area contributed by atoms with Crippen LogP contribution in [-0.4, -0.2) is 100.0 Å². The molecule has 0 aliphatic heterocycles. The molecule has 0 aromatic carbocycles. The molecule has 43 heavy (non-hydrogen) atoms. The Hall–Kier alpha value is -1.45. The van der Waals surface area contributed by atoms with E-state index in [0.717, 1.165) is 13.5 Å². The molecule has 0 aliphatic carbocycles. The van der Waals surface area contributed by atoms with E-state index in [4.69, 9.17) is 23.4 Å². The molecule has 0 rings (SSSR count). The van der Waals surface area contributed by atoms with Crippen molar-refractivity contribution >= 4 is 33.4 Å². The minimum absolute atomic E-state index is 0.0182. The van der Waals surface area contributed by atoms with Crippen LogP contribution in [0.4, 0.5) is 0 Å². The third kappa shape index (κ3) is 25.6. The maximum Gasteiger partial charge on any atom is 0.472 e. The standard InChI is InChI=1S/C25H51N3O13P2/c1-21(2)24(30)26-13-9-7-11-23(28-22(3)29)25(31)27-12-8-5-6-10-14-39-43(34,35)41-20-18-38-16-15-37-17-19-40-42(32,33)36-4/h21,23H,5-20H2,1-4H3,(H,26,30)(H,27,31)(H,28,29)(H,32,33)(H,34,35)/t23-/m0/s1. The summed E-state index contributed by atoms with van der Waals surface area (Å²) in [4.78, 5) is 54.3. The van der Waals surface area contributed by atoms with Gasteiger partial charge < -0.3 is 35.2 Å². The number of phosphoric acid groups is 2. The fourth-order valence-corrected chi connectivity index (χ4v) is 4.48. The normalized spacial score (nSPS) is 15.0. The monoisotopic (exact) mass is 663 g/mol. The molecule has 0 radical (unpaired) electrons. The van der Waals surface area contributed by atoms with Crippen LogP contribution in [0.3, 0.4) is 0 Å². The first kappa shape index (κ1) is 41.5. The molecule has 0 spiro atoms. The van der Waals surface area contributed by atoms with E-state index in [2.05, 4.69) is 25.0 Å². The highest BCUT2D eigenvalue weighted by molar-refractivity contribution is 7.47. The fraction of sp³-hybridized carbons (Fsp3) is 0.880. The van der Waals surface area contributed by atoms with Gasteiger partial charge in [-0.1, -0.05) is 26.7 Å². The molecule has 0 heterocycles. The third-order valence-corrected chi connectivity index (χ3v) is 7.62. The first-order valence-corrected chi connectivity index (χ1v) is 17.4. The van der Waals surface area contributed by atoms with Crippen molar-refractivity contribution < 1.29 is 60.9 Å². The van der Waals surface area contributed by atoms with Crippen LogP contribution in [0.1, 0.15) is 65.7 Å². The molecule has 2 unspecified atom stereocenters. The molecule has 0 saturated heterocycles. The highest BCUT2D eigenvalue weighted by atomic mass is 31.2. The van der Waals surface area contributed by atoms with E-state index >= 15 is 0 Å².